The molecule has 0 bridgehead atoms. The molecule has 0 spiro atoms. The zero-order chi connectivity index (χ0) is 19.6. The van der Waals surface area contributed by atoms with E-state index < -0.39 is 0 Å². The summed E-state index contributed by atoms with van der Waals surface area (Å²) in [5.74, 6) is 2.00. The van der Waals surface area contributed by atoms with Crippen LogP contribution in [-0.2, 0) is 26.2 Å². The molecular weight excluding hydrogens is 364 g/mol. The molecule has 1 fully saturated rings. The largest absolute Gasteiger partial charge is 0.392 e. The van der Waals surface area contributed by atoms with E-state index in [4.69, 9.17) is 0 Å². The fraction of sp³-hybridized carbons (Fsp3) is 0.409. The molecule has 0 saturated carbocycles. The highest BCUT2D eigenvalue weighted by atomic mass is 16.3. The van der Waals surface area contributed by atoms with Crippen LogP contribution in [0.15, 0.2) is 54.9 Å². The van der Waals surface area contributed by atoms with Crippen LogP contribution in [0.3, 0.4) is 0 Å². The average molecular weight is 390 g/mol. The maximum absolute atomic E-state index is 10.3. The summed E-state index contributed by atoms with van der Waals surface area (Å²) in [5, 5.41) is 19.4. The Balaban J connectivity index is 1.32. The molecule has 1 aromatic carbocycles. The number of hydrogen-bond acceptors (Lipinski definition) is 6. The number of rotatable bonds is 5. The van der Waals surface area contributed by atoms with Gasteiger partial charge in [0.2, 0.25) is 0 Å². The maximum atomic E-state index is 10.3. The molecule has 0 radical (unpaired) electrons. The van der Waals surface area contributed by atoms with Gasteiger partial charge in [-0.1, -0.05) is 36.4 Å². The molecule has 2 atom stereocenters. The third-order valence-electron chi connectivity index (χ3n) is 5.90. The predicted molar refractivity (Wildman–Crippen MR) is 109 cm³/mol. The molecule has 1 saturated heterocycles. The van der Waals surface area contributed by atoms with Gasteiger partial charge >= 0.3 is 0 Å². The number of nitrogens with zero attached hydrogens (tertiary/aromatic N) is 6. The highest BCUT2D eigenvalue weighted by Crippen LogP contribution is 2.33. The third-order valence-corrected chi connectivity index (χ3v) is 5.90. The van der Waals surface area contributed by atoms with Crippen molar-refractivity contribution in [1.82, 2.24) is 29.5 Å². The van der Waals surface area contributed by atoms with Crippen molar-refractivity contribution < 1.29 is 5.11 Å². The standard InChI is InChI=1S/C22H26N6O/c29-19-11-20(27(15-19)14-18-7-4-8-23-12-18)22-25-24-21-16-26(9-10-28(21)22)13-17-5-2-1-3-6-17/h1-8,12,19-20,29H,9-11,13-16H2/t19-,20+/m1/s1. The van der Waals surface area contributed by atoms with E-state index in [9.17, 15) is 5.11 Å². The first-order valence-electron chi connectivity index (χ1n) is 10.3. The molecule has 4 heterocycles. The quantitative estimate of drug-likeness (QED) is 0.719. The summed E-state index contributed by atoms with van der Waals surface area (Å²) in [6, 6.07) is 14.7. The average Bonchev–Trinajstić information content (AvgIpc) is 3.32. The zero-order valence-electron chi connectivity index (χ0n) is 16.4. The first-order chi connectivity index (χ1) is 14.3. The van der Waals surface area contributed by atoms with Crippen molar-refractivity contribution in [3.05, 3.63) is 77.6 Å². The second-order valence-electron chi connectivity index (χ2n) is 8.02. The highest BCUT2D eigenvalue weighted by Gasteiger charge is 2.36. The second-order valence-corrected chi connectivity index (χ2v) is 8.02. The molecular formula is C22H26N6O. The Morgan fingerprint density at radius 2 is 1.83 bits per heavy atom. The number of hydrogen-bond donors (Lipinski definition) is 1. The van der Waals surface area contributed by atoms with Crippen LogP contribution >= 0.6 is 0 Å². The Morgan fingerprint density at radius 3 is 2.66 bits per heavy atom. The molecule has 2 aromatic heterocycles. The lowest BCUT2D eigenvalue weighted by Gasteiger charge is -2.30. The van der Waals surface area contributed by atoms with Gasteiger partial charge in [-0.15, -0.1) is 10.2 Å². The van der Waals surface area contributed by atoms with Gasteiger partial charge < -0.3 is 9.67 Å². The summed E-state index contributed by atoms with van der Waals surface area (Å²) in [5.41, 5.74) is 2.47. The third kappa shape index (κ3) is 3.94. The van der Waals surface area contributed by atoms with Crippen LogP contribution in [0.2, 0.25) is 0 Å². The number of benzene rings is 1. The summed E-state index contributed by atoms with van der Waals surface area (Å²) in [6.45, 7) is 5.01. The van der Waals surface area contributed by atoms with Gasteiger partial charge in [0.05, 0.1) is 18.7 Å². The fourth-order valence-electron chi connectivity index (χ4n) is 4.50. The number of likely N-dealkylation sites (tertiary alicyclic amines) is 1. The topological polar surface area (TPSA) is 70.3 Å². The lowest BCUT2D eigenvalue weighted by molar-refractivity contribution is 0.171. The molecule has 0 aliphatic carbocycles. The molecule has 7 heteroatoms. The number of pyridine rings is 1. The highest BCUT2D eigenvalue weighted by molar-refractivity contribution is 5.15. The summed E-state index contributed by atoms with van der Waals surface area (Å²) in [6.07, 6.45) is 4.05. The summed E-state index contributed by atoms with van der Waals surface area (Å²) in [4.78, 5) is 8.94. The predicted octanol–water partition coefficient (Wildman–Crippen LogP) is 2.00. The van der Waals surface area contributed by atoms with Crippen molar-refractivity contribution in [2.45, 2.75) is 44.7 Å². The Labute approximate surface area is 170 Å². The van der Waals surface area contributed by atoms with Crippen molar-refractivity contribution in [2.75, 3.05) is 13.1 Å². The molecule has 1 N–H and O–H groups in total. The lowest BCUT2D eigenvalue weighted by Crippen LogP contribution is -2.35. The summed E-state index contributed by atoms with van der Waals surface area (Å²) >= 11 is 0. The molecule has 5 rings (SSSR count). The van der Waals surface area contributed by atoms with Gasteiger partial charge in [0, 0.05) is 45.1 Å². The van der Waals surface area contributed by atoms with Gasteiger partial charge in [0.1, 0.15) is 5.82 Å². The first kappa shape index (κ1) is 18.4. The number of aliphatic hydroxyl groups is 1. The lowest BCUT2D eigenvalue weighted by atomic mass is 10.1. The van der Waals surface area contributed by atoms with E-state index in [1.807, 2.05) is 12.3 Å². The molecule has 150 valence electrons. The Kier molecular flexibility index (Phi) is 5.10. The smallest absolute Gasteiger partial charge is 0.150 e. The number of aliphatic hydroxyl groups excluding tert-OH is 1. The van der Waals surface area contributed by atoms with Crippen LogP contribution < -0.4 is 0 Å². The Hall–Kier alpha value is -2.61. The van der Waals surface area contributed by atoms with E-state index in [1.54, 1.807) is 6.20 Å². The molecule has 0 amide bonds. The van der Waals surface area contributed by atoms with E-state index in [0.29, 0.717) is 13.0 Å². The van der Waals surface area contributed by atoms with Gasteiger partial charge in [0.15, 0.2) is 5.82 Å². The van der Waals surface area contributed by atoms with Crippen LogP contribution in [-0.4, -0.2) is 53.8 Å². The number of β-amino-alcohol motifs (C(OH)–C–C–N with tert-alkyl or cyclic N) is 1. The van der Waals surface area contributed by atoms with Crippen LogP contribution in [0.25, 0.3) is 0 Å². The fourth-order valence-corrected chi connectivity index (χ4v) is 4.50. The van der Waals surface area contributed by atoms with Crippen LogP contribution in [0, 0.1) is 0 Å². The van der Waals surface area contributed by atoms with Crippen molar-refractivity contribution in [3.63, 3.8) is 0 Å². The number of aromatic nitrogens is 4. The second kappa shape index (κ2) is 8.02. The van der Waals surface area contributed by atoms with Gasteiger partial charge in [-0.25, -0.2) is 0 Å². The van der Waals surface area contributed by atoms with Crippen molar-refractivity contribution in [2.24, 2.45) is 0 Å². The molecule has 29 heavy (non-hydrogen) atoms. The molecule has 2 aliphatic heterocycles. The Morgan fingerprint density at radius 1 is 0.966 bits per heavy atom. The molecule has 7 nitrogen and oxygen atoms in total. The van der Waals surface area contributed by atoms with E-state index in [0.717, 1.165) is 49.9 Å². The zero-order valence-corrected chi connectivity index (χ0v) is 16.4. The van der Waals surface area contributed by atoms with E-state index >= 15 is 0 Å². The van der Waals surface area contributed by atoms with E-state index in [-0.39, 0.29) is 12.1 Å². The minimum Gasteiger partial charge on any atom is -0.392 e. The SMILES string of the molecule is O[C@@H]1C[C@@H](c2nnc3n2CCN(Cc2ccccc2)C3)N(Cc2cccnc2)C1. The molecule has 2 aliphatic rings. The normalized spacial score (nSPS) is 22.7. The van der Waals surface area contributed by atoms with Crippen molar-refractivity contribution in [1.29, 1.82) is 0 Å². The van der Waals surface area contributed by atoms with Gasteiger partial charge in [-0.05, 0) is 23.6 Å². The van der Waals surface area contributed by atoms with Crippen molar-refractivity contribution in [3.8, 4) is 0 Å². The summed E-state index contributed by atoms with van der Waals surface area (Å²) in [7, 11) is 0. The van der Waals surface area contributed by atoms with Gasteiger partial charge in [-0.3, -0.25) is 14.8 Å². The maximum Gasteiger partial charge on any atom is 0.150 e. The minimum absolute atomic E-state index is 0.0899. The first-order valence-corrected chi connectivity index (χ1v) is 10.3. The number of fused-ring (bicyclic) bond motifs is 1. The van der Waals surface area contributed by atoms with E-state index in [2.05, 4.69) is 65.9 Å². The van der Waals surface area contributed by atoms with Gasteiger partial charge in [0.25, 0.3) is 0 Å². The Bertz CT molecular complexity index is 944. The summed E-state index contributed by atoms with van der Waals surface area (Å²) < 4.78 is 2.26. The minimum atomic E-state index is -0.331. The molecule has 3 aromatic rings. The van der Waals surface area contributed by atoms with Crippen molar-refractivity contribution >= 4 is 0 Å². The molecule has 0 unspecified atom stereocenters. The van der Waals surface area contributed by atoms with Crippen LogP contribution in [0.1, 0.15) is 35.2 Å². The monoisotopic (exact) mass is 390 g/mol. The van der Waals surface area contributed by atoms with Crippen LogP contribution in [0.5, 0.6) is 0 Å². The van der Waals surface area contributed by atoms with E-state index in [1.165, 1.54) is 5.56 Å². The van der Waals surface area contributed by atoms with Crippen LogP contribution in [0.4, 0.5) is 0 Å². The van der Waals surface area contributed by atoms with Gasteiger partial charge in [-0.2, -0.15) is 0 Å².